The van der Waals surface area contributed by atoms with Crippen LogP contribution in [0.15, 0.2) is 24.3 Å². The van der Waals surface area contributed by atoms with Crippen molar-refractivity contribution in [2.45, 2.75) is 58.2 Å². The van der Waals surface area contributed by atoms with Gasteiger partial charge in [-0.05, 0) is 64.2 Å². The van der Waals surface area contributed by atoms with E-state index in [0.717, 1.165) is 18.4 Å². The normalized spacial score (nSPS) is 17.4. The fraction of sp³-hybridized carbons (Fsp3) is 0.611. The number of phenols is 1. The molecular weight excluding hydrogens is 292 g/mol. The van der Waals surface area contributed by atoms with Crippen molar-refractivity contribution in [3.8, 4) is 5.75 Å². The van der Waals surface area contributed by atoms with Gasteiger partial charge in [0.15, 0.2) is 0 Å². The van der Waals surface area contributed by atoms with E-state index in [2.05, 4.69) is 10.6 Å². The van der Waals surface area contributed by atoms with E-state index in [9.17, 15) is 9.90 Å². The molecule has 2 atom stereocenters. The highest BCUT2D eigenvalue weighted by Crippen LogP contribution is 2.33. The molecule has 128 valence electrons. The smallest absolute Gasteiger partial charge is 0.407 e. The summed E-state index contributed by atoms with van der Waals surface area (Å²) in [6.07, 6.45) is 1.92. The van der Waals surface area contributed by atoms with Crippen LogP contribution in [0.4, 0.5) is 4.79 Å². The van der Waals surface area contributed by atoms with Crippen LogP contribution in [0.5, 0.6) is 5.75 Å². The number of nitrogens with one attached hydrogen (secondary N) is 2. The lowest BCUT2D eigenvalue weighted by Gasteiger charge is -2.25. The number of phenolic OH excluding ortho intramolecular Hbond substituents is 1. The molecule has 23 heavy (non-hydrogen) atoms. The predicted octanol–water partition coefficient (Wildman–Crippen LogP) is 3.35. The molecule has 0 saturated heterocycles. The number of rotatable bonds is 6. The molecule has 5 heteroatoms. The Bertz CT molecular complexity index is 535. The third-order valence-corrected chi connectivity index (χ3v) is 3.91. The van der Waals surface area contributed by atoms with E-state index in [1.54, 1.807) is 12.1 Å². The third kappa shape index (κ3) is 6.10. The molecule has 2 unspecified atom stereocenters. The molecule has 1 saturated carbocycles. The second kappa shape index (κ2) is 7.21. The number of aromatic hydroxyl groups is 1. The summed E-state index contributed by atoms with van der Waals surface area (Å²) in [5.74, 6) is 0.785. The number of benzene rings is 1. The Labute approximate surface area is 138 Å². The van der Waals surface area contributed by atoms with Crippen molar-refractivity contribution >= 4 is 6.09 Å². The minimum Gasteiger partial charge on any atom is -0.508 e. The lowest BCUT2D eigenvalue weighted by atomic mass is 10.1. The first-order valence-electron chi connectivity index (χ1n) is 8.26. The molecule has 1 fully saturated rings. The monoisotopic (exact) mass is 320 g/mol. The van der Waals surface area contributed by atoms with Crippen LogP contribution in [0.2, 0.25) is 0 Å². The molecule has 2 rings (SSSR count). The van der Waals surface area contributed by atoms with Crippen molar-refractivity contribution in [3.05, 3.63) is 29.8 Å². The van der Waals surface area contributed by atoms with Crippen molar-refractivity contribution in [1.29, 1.82) is 0 Å². The Morgan fingerprint density at radius 3 is 2.65 bits per heavy atom. The first-order chi connectivity index (χ1) is 10.7. The summed E-state index contributed by atoms with van der Waals surface area (Å²) >= 11 is 0. The van der Waals surface area contributed by atoms with Crippen LogP contribution < -0.4 is 10.6 Å². The van der Waals surface area contributed by atoms with Gasteiger partial charge in [0.1, 0.15) is 11.4 Å². The SMILES string of the molecule is CC(NCC(NC(=O)OC(C)(C)C)C1CC1)c1cccc(O)c1. The van der Waals surface area contributed by atoms with E-state index in [1.165, 1.54) is 0 Å². The second-order valence-corrected chi connectivity index (χ2v) is 7.32. The van der Waals surface area contributed by atoms with Gasteiger partial charge in [0.05, 0.1) is 0 Å². The summed E-state index contributed by atoms with van der Waals surface area (Å²) < 4.78 is 5.34. The maximum absolute atomic E-state index is 12.0. The van der Waals surface area contributed by atoms with Crippen LogP contribution in [0, 0.1) is 5.92 Å². The number of hydrogen-bond acceptors (Lipinski definition) is 4. The van der Waals surface area contributed by atoms with Gasteiger partial charge in [-0.3, -0.25) is 0 Å². The topological polar surface area (TPSA) is 70.6 Å². The van der Waals surface area contributed by atoms with Crippen LogP contribution in [-0.4, -0.2) is 29.4 Å². The standard InChI is InChI=1S/C18H28N2O3/c1-12(14-6-5-7-15(21)10-14)19-11-16(13-8-9-13)20-17(22)23-18(2,3)4/h5-7,10,12-13,16,19,21H,8-9,11H2,1-4H3,(H,20,22). The fourth-order valence-corrected chi connectivity index (χ4v) is 2.51. The molecule has 1 aromatic rings. The number of carbonyl (C=O) groups excluding carboxylic acids is 1. The molecule has 0 radical (unpaired) electrons. The minimum atomic E-state index is -0.486. The van der Waals surface area contributed by atoms with Crippen molar-refractivity contribution in [2.75, 3.05) is 6.54 Å². The number of alkyl carbamates (subject to hydrolysis) is 1. The molecule has 1 aliphatic rings. The van der Waals surface area contributed by atoms with Crippen LogP contribution in [0.3, 0.4) is 0 Å². The maximum Gasteiger partial charge on any atom is 0.407 e. The highest BCUT2D eigenvalue weighted by molar-refractivity contribution is 5.68. The molecule has 0 bridgehead atoms. The van der Waals surface area contributed by atoms with Crippen LogP contribution >= 0.6 is 0 Å². The lowest BCUT2D eigenvalue weighted by molar-refractivity contribution is 0.0497. The van der Waals surface area contributed by atoms with Crippen molar-refractivity contribution in [2.24, 2.45) is 5.92 Å². The van der Waals surface area contributed by atoms with Gasteiger partial charge in [-0.15, -0.1) is 0 Å². The number of amides is 1. The summed E-state index contributed by atoms with van der Waals surface area (Å²) in [6.45, 7) is 8.32. The van der Waals surface area contributed by atoms with Gasteiger partial charge in [0.2, 0.25) is 0 Å². The Kier molecular flexibility index (Phi) is 5.52. The van der Waals surface area contributed by atoms with E-state index in [-0.39, 0.29) is 23.9 Å². The van der Waals surface area contributed by atoms with E-state index in [4.69, 9.17) is 4.74 Å². The van der Waals surface area contributed by atoms with Crippen LogP contribution in [0.25, 0.3) is 0 Å². The summed E-state index contributed by atoms with van der Waals surface area (Å²) in [5, 5.41) is 16.0. The summed E-state index contributed by atoms with van der Waals surface area (Å²) in [5.41, 5.74) is 0.539. The molecule has 0 aliphatic heterocycles. The highest BCUT2D eigenvalue weighted by atomic mass is 16.6. The zero-order valence-electron chi connectivity index (χ0n) is 14.4. The first kappa shape index (κ1) is 17.6. The summed E-state index contributed by atoms with van der Waals surface area (Å²) in [6, 6.07) is 7.40. The first-order valence-corrected chi connectivity index (χ1v) is 8.26. The molecule has 0 aromatic heterocycles. The maximum atomic E-state index is 12.0. The largest absolute Gasteiger partial charge is 0.508 e. The van der Waals surface area contributed by atoms with Gasteiger partial charge < -0.3 is 20.5 Å². The Balaban J connectivity index is 1.86. The molecular formula is C18H28N2O3. The van der Waals surface area contributed by atoms with Crippen molar-refractivity contribution < 1.29 is 14.6 Å². The average molecular weight is 320 g/mol. The van der Waals surface area contributed by atoms with Gasteiger partial charge in [-0.1, -0.05) is 12.1 Å². The van der Waals surface area contributed by atoms with Crippen molar-refractivity contribution in [3.63, 3.8) is 0 Å². The predicted molar refractivity (Wildman–Crippen MR) is 90.4 cm³/mol. The summed E-state index contributed by atoms with van der Waals surface area (Å²) in [4.78, 5) is 12.0. The molecule has 1 aliphatic carbocycles. The Hall–Kier alpha value is -1.75. The molecule has 1 amide bonds. The van der Waals surface area contributed by atoms with E-state index in [0.29, 0.717) is 12.5 Å². The van der Waals surface area contributed by atoms with E-state index in [1.807, 2.05) is 39.8 Å². The number of carbonyl (C=O) groups is 1. The lowest BCUT2D eigenvalue weighted by Crippen LogP contribution is -2.46. The highest BCUT2D eigenvalue weighted by Gasteiger charge is 2.33. The molecule has 1 aromatic carbocycles. The van der Waals surface area contributed by atoms with E-state index >= 15 is 0 Å². The molecule has 0 heterocycles. The van der Waals surface area contributed by atoms with Gasteiger partial charge in [0.25, 0.3) is 0 Å². The van der Waals surface area contributed by atoms with Gasteiger partial charge >= 0.3 is 6.09 Å². The van der Waals surface area contributed by atoms with Gasteiger partial charge in [-0.25, -0.2) is 4.79 Å². The zero-order chi connectivity index (χ0) is 17.0. The zero-order valence-corrected chi connectivity index (χ0v) is 14.4. The Morgan fingerprint density at radius 1 is 1.39 bits per heavy atom. The molecule has 5 nitrogen and oxygen atoms in total. The van der Waals surface area contributed by atoms with Crippen molar-refractivity contribution in [1.82, 2.24) is 10.6 Å². The molecule has 3 N–H and O–H groups in total. The average Bonchev–Trinajstić information content (AvgIpc) is 3.25. The van der Waals surface area contributed by atoms with E-state index < -0.39 is 5.60 Å². The summed E-state index contributed by atoms with van der Waals surface area (Å²) in [7, 11) is 0. The van der Waals surface area contributed by atoms with Gasteiger partial charge in [0, 0.05) is 18.6 Å². The third-order valence-electron chi connectivity index (χ3n) is 3.91. The minimum absolute atomic E-state index is 0.0737. The van der Waals surface area contributed by atoms with Gasteiger partial charge in [-0.2, -0.15) is 0 Å². The number of ether oxygens (including phenoxy) is 1. The quantitative estimate of drug-likeness (QED) is 0.752. The fourth-order valence-electron chi connectivity index (χ4n) is 2.51. The molecule has 0 spiro atoms. The second-order valence-electron chi connectivity index (χ2n) is 7.32. The number of hydrogen-bond donors (Lipinski definition) is 3. The van der Waals surface area contributed by atoms with Crippen LogP contribution in [0.1, 0.15) is 52.1 Å². The van der Waals surface area contributed by atoms with Crippen LogP contribution in [-0.2, 0) is 4.74 Å². The Morgan fingerprint density at radius 2 is 2.09 bits per heavy atom.